The van der Waals surface area contributed by atoms with Crippen LogP contribution in [-0.4, -0.2) is 22.6 Å². The Balaban J connectivity index is 1.60. The van der Waals surface area contributed by atoms with Gasteiger partial charge in [0.25, 0.3) is 0 Å². The van der Waals surface area contributed by atoms with Crippen LogP contribution in [0.15, 0.2) is 28.7 Å². The lowest BCUT2D eigenvalue weighted by Gasteiger charge is -2.30. The summed E-state index contributed by atoms with van der Waals surface area (Å²) >= 11 is 3.57. The molecule has 1 aromatic heterocycles. The molecule has 4 rings (SSSR count). The Kier molecular flexibility index (Phi) is 3.53. The van der Waals surface area contributed by atoms with Gasteiger partial charge >= 0.3 is 0 Å². The predicted molar refractivity (Wildman–Crippen MR) is 92.3 cm³/mol. The van der Waals surface area contributed by atoms with Crippen LogP contribution in [0, 0.1) is 6.92 Å². The monoisotopic (exact) mass is 358 g/mol. The maximum Gasteiger partial charge on any atom is 0.134 e. The van der Waals surface area contributed by atoms with Gasteiger partial charge in [-0.25, -0.2) is 9.97 Å². The van der Waals surface area contributed by atoms with Crippen LogP contribution >= 0.6 is 15.9 Å². The van der Waals surface area contributed by atoms with Gasteiger partial charge in [-0.05, 0) is 49.4 Å². The number of halogens is 1. The maximum atomic E-state index is 4.64. The fraction of sp³-hybridized carbons (Fsp3) is 0.412. The van der Waals surface area contributed by atoms with Crippen molar-refractivity contribution >= 4 is 27.6 Å². The second kappa shape index (κ2) is 5.54. The molecule has 1 aliphatic carbocycles. The van der Waals surface area contributed by atoms with Gasteiger partial charge in [0, 0.05) is 29.7 Å². The zero-order chi connectivity index (χ0) is 15.1. The van der Waals surface area contributed by atoms with Crippen molar-refractivity contribution in [3.63, 3.8) is 0 Å². The van der Waals surface area contributed by atoms with E-state index in [0.29, 0.717) is 6.04 Å². The van der Waals surface area contributed by atoms with E-state index in [9.17, 15) is 0 Å². The van der Waals surface area contributed by atoms with Crippen LogP contribution < -0.4 is 10.2 Å². The second-order valence-electron chi connectivity index (χ2n) is 6.16. The van der Waals surface area contributed by atoms with Crippen molar-refractivity contribution < 1.29 is 0 Å². The number of nitrogens with one attached hydrogen (secondary N) is 1. The number of fused-ring (bicyclic) bond motifs is 1. The van der Waals surface area contributed by atoms with Gasteiger partial charge in [-0.2, -0.15) is 0 Å². The molecule has 114 valence electrons. The fourth-order valence-electron chi connectivity index (χ4n) is 2.95. The number of aromatic nitrogens is 2. The first kappa shape index (κ1) is 14.0. The van der Waals surface area contributed by atoms with Crippen LogP contribution in [0.5, 0.6) is 0 Å². The number of nitrogens with zero attached hydrogens (tertiary/aromatic N) is 3. The average molecular weight is 359 g/mol. The molecule has 2 aromatic rings. The minimum absolute atomic E-state index is 0.611. The summed E-state index contributed by atoms with van der Waals surface area (Å²) in [5.74, 6) is 2.83. The number of benzene rings is 1. The van der Waals surface area contributed by atoms with Gasteiger partial charge in [-0.1, -0.05) is 22.0 Å². The Hall–Kier alpha value is -1.62. The van der Waals surface area contributed by atoms with Gasteiger partial charge in [0.1, 0.15) is 17.5 Å². The van der Waals surface area contributed by atoms with Gasteiger partial charge in [-0.15, -0.1) is 0 Å². The molecule has 5 heteroatoms. The highest BCUT2D eigenvalue weighted by atomic mass is 79.9. The normalized spacial score (nSPS) is 17.3. The van der Waals surface area contributed by atoms with Crippen molar-refractivity contribution in [2.75, 3.05) is 16.8 Å². The van der Waals surface area contributed by atoms with Crippen LogP contribution in [0.2, 0.25) is 0 Å². The molecule has 1 saturated carbocycles. The summed E-state index contributed by atoms with van der Waals surface area (Å²) in [5.41, 5.74) is 2.83. The second-order valence-corrected chi connectivity index (χ2v) is 7.08. The summed E-state index contributed by atoms with van der Waals surface area (Å²) in [6, 6.07) is 9.27. The molecule has 22 heavy (non-hydrogen) atoms. The predicted octanol–water partition coefficient (Wildman–Crippen LogP) is 3.68. The van der Waals surface area contributed by atoms with Crippen LogP contribution in [0.3, 0.4) is 0 Å². The molecule has 0 amide bonds. The standard InChI is InChI=1S/C17H19BrN4/c1-11-19-16(21-15-4-5-15)9-17(20-11)22-7-6-12-2-3-14(18)8-13(12)10-22/h2-3,8-9,15H,4-7,10H2,1H3,(H,19,20,21). The molecule has 0 spiro atoms. The van der Waals surface area contributed by atoms with Crippen molar-refractivity contribution in [1.29, 1.82) is 0 Å². The van der Waals surface area contributed by atoms with Crippen molar-refractivity contribution in [3.8, 4) is 0 Å². The molecule has 2 heterocycles. The molecule has 0 unspecified atom stereocenters. The lowest BCUT2D eigenvalue weighted by molar-refractivity contribution is 0.716. The molecule has 0 radical (unpaired) electrons. The third-order valence-corrected chi connectivity index (χ3v) is 4.75. The molecule has 1 aliphatic heterocycles. The van der Waals surface area contributed by atoms with E-state index >= 15 is 0 Å². The van der Waals surface area contributed by atoms with E-state index in [1.165, 1.54) is 24.0 Å². The van der Waals surface area contributed by atoms with E-state index in [2.05, 4.69) is 60.4 Å². The minimum atomic E-state index is 0.611. The lowest BCUT2D eigenvalue weighted by atomic mass is 10.00. The highest BCUT2D eigenvalue weighted by Gasteiger charge is 2.23. The minimum Gasteiger partial charge on any atom is -0.367 e. The number of hydrogen-bond donors (Lipinski definition) is 1. The zero-order valence-electron chi connectivity index (χ0n) is 12.6. The number of hydrogen-bond acceptors (Lipinski definition) is 4. The lowest BCUT2D eigenvalue weighted by Crippen LogP contribution is -2.31. The van der Waals surface area contributed by atoms with E-state index in [-0.39, 0.29) is 0 Å². The van der Waals surface area contributed by atoms with Crippen LogP contribution in [0.1, 0.15) is 29.8 Å². The molecule has 2 aliphatic rings. The maximum absolute atomic E-state index is 4.64. The van der Waals surface area contributed by atoms with Crippen LogP contribution in [0.4, 0.5) is 11.6 Å². The highest BCUT2D eigenvalue weighted by molar-refractivity contribution is 9.10. The summed E-state index contributed by atoms with van der Waals surface area (Å²) in [5, 5.41) is 3.48. The first-order valence-electron chi connectivity index (χ1n) is 7.82. The molecule has 4 nitrogen and oxygen atoms in total. The Morgan fingerprint density at radius 3 is 2.86 bits per heavy atom. The number of aryl methyl sites for hydroxylation is 1. The van der Waals surface area contributed by atoms with Crippen molar-refractivity contribution in [2.45, 2.75) is 38.8 Å². The molecule has 1 N–H and O–H groups in total. The number of rotatable bonds is 3. The third-order valence-electron chi connectivity index (χ3n) is 4.26. The summed E-state index contributed by atoms with van der Waals surface area (Å²) in [6.45, 7) is 3.89. The summed E-state index contributed by atoms with van der Waals surface area (Å²) in [7, 11) is 0. The zero-order valence-corrected chi connectivity index (χ0v) is 14.2. The smallest absolute Gasteiger partial charge is 0.134 e. The van der Waals surface area contributed by atoms with Gasteiger partial charge < -0.3 is 10.2 Å². The molecule has 1 aromatic carbocycles. The van der Waals surface area contributed by atoms with Crippen molar-refractivity contribution in [2.24, 2.45) is 0 Å². The van der Waals surface area contributed by atoms with Gasteiger partial charge in [-0.3, -0.25) is 0 Å². The van der Waals surface area contributed by atoms with Crippen molar-refractivity contribution in [3.05, 3.63) is 45.7 Å². The first-order chi connectivity index (χ1) is 10.7. The van der Waals surface area contributed by atoms with Crippen molar-refractivity contribution in [1.82, 2.24) is 9.97 Å². The molecule has 0 atom stereocenters. The highest BCUT2D eigenvalue weighted by Crippen LogP contribution is 2.28. The average Bonchev–Trinajstić information content (AvgIpc) is 3.29. The van der Waals surface area contributed by atoms with E-state index in [1.807, 2.05) is 6.92 Å². The van der Waals surface area contributed by atoms with Gasteiger partial charge in [0.2, 0.25) is 0 Å². The third kappa shape index (κ3) is 2.95. The largest absolute Gasteiger partial charge is 0.367 e. The first-order valence-corrected chi connectivity index (χ1v) is 8.61. The summed E-state index contributed by atoms with van der Waals surface area (Å²) in [6.07, 6.45) is 3.57. The van der Waals surface area contributed by atoms with Gasteiger partial charge in [0.15, 0.2) is 0 Å². The molecular formula is C17H19BrN4. The van der Waals surface area contributed by atoms with Crippen LogP contribution in [-0.2, 0) is 13.0 Å². The molecule has 0 bridgehead atoms. The Morgan fingerprint density at radius 2 is 2.05 bits per heavy atom. The van der Waals surface area contributed by atoms with E-state index in [4.69, 9.17) is 0 Å². The topological polar surface area (TPSA) is 41.1 Å². The SMILES string of the molecule is Cc1nc(NC2CC2)cc(N2CCc3ccc(Br)cc3C2)n1. The van der Waals surface area contributed by atoms with E-state index in [0.717, 1.165) is 41.4 Å². The Labute approximate surface area is 139 Å². The van der Waals surface area contributed by atoms with Gasteiger partial charge in [0.05, 0.1) is 0 Å². The summed E-state index contributed by atoms with van der Waals surface area (Å²) < 4.78 is 1.14. The summed E-state index contributed by atoms with van der Waals surface area (Å²) in [4.78, 5) is 11.5. The Morgan fingerprint density at radius 1 is 1.18 bits per heavy atom. The fourth-order valence-corrected chi connectivity index (χ4v) is 3.35. The van der Waals surface area contributed by atoms with E-state index < -0.39 is 0 Å². The molecule has 0 saturated heterocycles. The molecule has 1 fully saturated rings. The Bertz CT molecular complexity index is 712. The van der Waals surface area contributed by atoms with Crippen LogP contribution in [0.25, 0.3) is 0 Å². The quantitative estimate of drug-likeness (QED) is 0.908. The van der Waals surface area contributed by atoms with E-state index in [1.54, 1.807) is 0 Å². The number of anilines is 2. The molecular weight excluding hydrogens is 340 g/mol.